The number of nitrogens with zero attached hydrogens (tertiary/aromatic N) is 2. The Balaban J connectivity index is 4.22. The van der Waals surface area contributed by atoms with E-state index < -0.39 is 17.9 Å². The molecule has 116 valence electrons. The molecule has 0 saturated carbocycles. The van der Waals surface area contributed by atoms with Gasteiger partial charge in [-0.2, -0.15) is 0 Å². The lowest BCUT2D eigenvalue weighted by Crippen LogP contribution is -2.46. The van der Waals surface area contributed by atoms with Gasteiger partial charge in [0.2, 0.25) is 5.91 Å². The highest BCUT2D eigenvalue weighted by Crippen LogP contribution is 1.90. The third-order valence-corrected chi connectivity index (χ3v) is 2.38. The number of urea groups is 1. The van der Waals surface area contributed by atoms with E-state index in [0.29, 0.717) is 19.6 Å². The molecule has 0 aromatic carbocycles. The maximum Gasteiger partial charge on any atom is 0.321 e. The smallest absolute Gasteiger partial charge is 0.321 e. The van der Waals surface area contributed by atoms with Gasteiger partial charge in [-0.1, -0.05) is 6.92 Å². The van der Waals surface area contributed by atoms with E-state index in [2.05, 4.69) is 10.6 Å². The second kappa shape index (κ2) is 10.2. The molecular weight excluding hydrogens is 264 g/mol. The summed E-state index contributed by atoms with van der Waals surface area (Å²) < 4.78 is 0. The quantitative estimate of drug-likeness (QED) is 0.512. The Hall–Kier alpha value is -1.67. The Morgan fingerprint density at radius 2 is 1.75 bits per heavy atom. The minimum absolute atomic E-state index is 0.125. The third-order valence-electron chi connectivity index (χ3n) is 2.38. The highest BCUT2D eigenvalue weighted by atomic mass is 16.4. The number of aliphatic carboxylic acids is 1. The average Bonchev–Trinajstić information content (AvgIpc) is 2.32. The maximum atomic E-state index is 11.6. The minimum Gasteiger partial charge on any atom is -0.480 e. The van der Waals surface area contributed by atoms with Crippen molar-refractivity contribution < 1.29 is 19.5 Å². The molecule has 0 aromatic rings. The van der Waals surface area contributed by atoms with Crippen LogP contribution in [0.4, 0.5) is 4.79 Å². The van der Waals surface area contributed by atoms with Crippen LogP contribution < -0.4 is 10.6 Å². The van der Waals surface area contributed by atoms with Crippen LogP contribution in [0.1, 0.15) is 13.3 Å². The normalized spacial score (nSPS) is 10.7. The number of carbonyl (C=O) groups excluding carboxylic acids is 2. The molecule has 0 saturated heterocycles. The van der Waals surface area contributed by atoms with Crippen LogP contribution in [0.25, 0.3) is 0 Å². The van der Waals surface area contributed by atoms with Gasteiger partial charge in [-0.3, -0.25) is 19.8 Å². The summed E-state index contributed by atoms with van der Waals surface area (Å²) in [5, 5.41) is 13.5. The summed E-state index contributed by atoms with van der Waals surface area (Å²) >= 11 is 0. The molecule has 0 unspecified atom stereocenters. The molecule has 0 aliphatic rings. The average molecular weight is 288 g/mol. The summed E-state index contributed by atoms with van der Waals surface area (Å²) in [7, 11) is 3.72. The van der Waals surface area contributed by atoms with Crippen LogP contribution in [0, 0.1) is 0 Å². The van der Waals surface area contributed by atoms with E-state index in [-0.39, 0.29) is 13.1 Å². The summed E-state index contributed by atoms with van der Waals surface area (Å²) in [6.45, 7) is 3.08. The van der Waals surface area contributed by atoms with Crippen molar-refractivity contribution in [1.29, 1.82) is 0 Å². The Morgan fingerprint density at radius 1 is 1.10 bits per heavy atom. The molecule has 0 radical (unpaired) electrons. The lowest BCUT2D eigenvalue weighted by atomic mass is 10.4. The first-order valence-electron chi connectivity index (χ1n) is 6.51. The van der Waals surface area contributed by atoms with Crippen molar-refractivity contribution in [3.8, 4) is 0 Å². The Bertz CT molecular complexity index is 333. The van der Waals surface area contributed by atoms with Crippen molar-refractivity contribution in [2.24, 2.45) is 0 Å². The molecule has 8 nitrogen and oxygen atoms in total. The number of carboxylic acid groups (broad SMARTS) is 1. The largest absolute Gasteiger partial charge is 0.480 e. The molecule has 0 heterocycles. The number of amides is 3. The van der Waals surface area contributed by atoms with Gasteiger partial charge in [0.15, 0.2) is 0 Å². The van der Waals surface area contributed by atoms with Gasteiger partial charge in [0.1, 0.15) is 0 Å². The fraction of sp³-hybridized carbons (Fsp3) is 0.750. The van der Waals surface area contributed by atoms with Gasteiger partial charge < -0.3 is 15.3 Å². The topological polar surface area (TPSA) is 102 Å². The van der Waals surface area contributed by atoms with Crippen molar-refractivity contribution in [3.63, 3.8) is 0 Å². The minimum atomic E-state index is -1.01. The second-order valence-electron chi connectivity index (χ2n) is 4.71. The third kappa shape index (κ3) is 10.3. The van der Waals surface area contributed by atoms with E-state index in [1.54, 1.807) is 0 Å². The first-order valence-corrected chi connectivity index (χ1v) is 6.51. The van der Waals surface area contributed by atoms with Crippen molar-refractivity contribution in [2.45, 2.75) is 13.3 Å². The molecule has 0 fully saturated rings. The van der Waals surface area contributed by atoms with Crippen molar-refractivity contribution in [3.05, 3.63) is 0 Å². The fourth-order valence-corrected chi connectivity index (χ4v) is 1.40. The number of hydrogen-bond acceptors (Lipinski definition) is 5. The lowest BCUT2D eigenvalue weighted by Gasteiger charge is -2.21. The van der Waals surface area contributed by atoms with Gasteiger partial charge in [-0.25, -0.2) is 4.79 Å². The van der Waals surface area contributed by atoms with Gasteiger partial charge in [-0.15, -0.1) is 0 Å². The predicted molar refractivity (Wildman–Crippen MR) is 74.5 cm³/mol. The molecule has 8 heteroatoms. The molecule has 0 spiro atoms. The highest BCUT2D eigenvalue weighted by molar-refractivity contribution is 5.95. The summed E-state index contributed by atoms with van der Waals surface area (Å²) in [4.78, 5) is 37.0. The number of nitrogens with one attached hydrogen (secondary N) is 2. The zero-order valence-electron chi connectivity index (χ0n) is 12.3. The van der Waals surface area contributed by atoms with E-state index in [1.165, 1.54) is 4.90 Å². The van der Waals surface area contributed by atoms with E-state index in [1.807, 2.05) is 25.9 Å². The van der Waals surface area contributed by atoms with Gasteiger partial charge >= 0.3 is 12.0 Å². The predicted octanol–water partition coefficient (Wildman–Crippen LogP) is -0.830. The summed E-state index contributed by atoms with van der Waals surface area (Å²) in [6.07, 6.45) is 0.773. The van der Waals surface area contributed by atoms with Crippen LogP contribution in [0.3, 0.4) is 0 Å². The first kappa shape index (κ1) is 18.3. The highest BCUT2D eigenvalue weighted by Gasteiger charge is 2.15. The number of imide groups is 1. The molecule has 3 N–H and O–H groups in total. The molecule has 3 amide bonds. The molecule has 20 heavy (non-hydrogen) atoms. The summed E-state index contributed by atoms with van der Waals surface area (Å²) in [6, 6.07) is -0.556. The molecular formula is C12H24N4O4. The fourth-order valence-electron chi connectivity index (χ4n) is 1.40. The zero-order valence-corrected chi connectivity index (χ0v) is 12.3. The van der Waals surface area contributed by atoms with Gasteiger partial charge in [0.05, 0.1) is 13.1 Å². The SMILES string of the molecule is CCCNC(=O)NC(=O)CN(CCN(C)C)CC(=O)O. The Morgan fingerprint density at radius 3 is 2.25 bits per heavy atom. The summed E-state index contributed by atoms with van der Waals surface area (Å²) in [5.74, 6) is -1.52. The Labute approximate surface area is 119 Å². The van der Waals surface area contributed by atoms with Crippen LogP contribution in [0.5, 0.6) is 0 Å². The van der Waals surface area contributed by atoms with Crippen molar-refractivity contribution in [1.82, 2.24) is 20.4 Å². The molecule has 0 aliphatic heterocycles. The van der Waals surface area contributed by atoms with E-state index in [0.717, 1.165) is 6.42 Å². The lowest BCUT2D eigenvalue weighted by molar-refractivity contribution is -0.138. The molecule has 0 atom stereocenters. The van der Waals surface area contributed by atoms with E-state index in [9.17, 15) is 14.4 Å². The molecule has 0 aromatic heterocycles. The molecule has 0 bridgehead atoms. The number of carbonyl (C=O) groups is 3. The van der Waals surface area contributed by atoms with Crippen LogP contribution in [0.15, 0.2) is 0 Å². The molecule has 0 rings (SSSR count). The van der Waals surface area contributed by atoms with Crippen LogP contribution >= 0.6 is 0 Å². The van der Waals surface area contributed by atoms with Gasteiger partial charge in [0.25, 0.3) is 0 Å². The first-order chi connectivity index (χ1) is 9.35. The summed E-state index contributed by atoms with van der Waals surface area (Å²) in [5.41, 5.74) is 0. The zero-order chi connectivity index (χ0) is 15.5. The number of carboxylic acids is 1. The monoisotopic (exact) mass is 288 g/mol. The van der Waals surface area contributed by atoms with Crippen LogP contribution in [-0.2, 0) is 9.59 Å². The van der Waals surface area contributed by atoms with Crippen molar-refractivity contribution >= 4 is 17.9 Å². The van der Waals surface area contributed by atoms with Crippen molar-refractivity contribution in [2.75, 3.05) is 46.8 Å². The van der Waals surface area contributed by atoms with Gasteiger partial charge in [0, 0.05) is 19.6 Å². The molecule has 0 aliphatic carbocycles. The number of rotatable bonds is 9. The Kier molecular flexibility index (Phi) is 9.31. The number of hydrogen-bond donors (Lipinski definition) is 3. The van der Waals surface area contributed by atoms with E-state index in [4.69, 9.17) is 5.11 Å². The standard InChI is InChI=1S/C12H24N4O4/c1-4-5-13-12(20)14-10(17)8-16(9-11(18)19)7-6-15(2)3/h4-9H2,1-3H3,(H,18,19)(H2,13,14,17,20). The second-order valence-corrected chi connectivity index (χ2v) is 4.71. The van der Waals surface area contributed by atoms with Gasteiger partial charge in [-0.05, 0) is 20.5 Å². The van der Waals surface area contributed by atoms with E-state index >= 15 is 0 Å². The number of likely N-dealkylation sites (N-methyl/N-ethyl adjacent to an activating group) is 1. The maximum absolute atomic E-state index is 11.6. The van der Waals surface area contributed by atoms with Crippen LogP contribution in [0.2, 0.25) is 0 Å². The van der Waals surface area contributed by atoms with Crippen LogP contribution in [-0.4, -0.2) is 79.6 Å².